The standard InChI is InChI=1S/C16H20N4OS/c1-11-8-19(2)13-5-3-4-6-14(13)20(9-11)16(21)12-10-22-15(7-17)18-12/h3-6,10-11H,7-9,17H2,1-2H3/t11-/m1/s1. The Bertz CT molecular complexity index is 684. The summed E-state index contributed by atoms with van der Waals surface area (Å²) in [4.78, 5) is 21.3. The van der Waals surface area contributed by atoms with Gasteiger partial charge in [-0.1, -0.05) is 19.1 Å². The third-order valence-corrected chi connectivity index (χ3v) is 4.73. The molecule has 1 aromatic heterocycles. The van der Waals surface area contributed by atoms with Gasteiger partial charge in [-0.2, -0.15) is 0 Å². The van der Waals surface area contributed by atoms with Crippen molar-refractivity contribution in [3.05, 3.63) is 40.3 Å². The zero-order valence-corrected chi connectivity index (χ0v) is 13.6. The summed E-state index contributed by atoms with van der Waals surface area (Å²) in [5, 5.41) is 2.59. The van der Waals surface area contributed by atoms with Crippen molar-refractivity contribution in [2.45, 2.75) is 13.5 Å². The predicted octanol–water partition coefficient (Wildman–Crippen LogP) is 2.33. The first kappa shape index (κ1) is 15.0. The van der Waals surface area contributed by atoms with E-state index in [1.54, 1.807) is 5.38 Å². The van der Waals surface area contributed by atoms with Crippen LogP contribution in [0.15, 0.2) is 29.6 Å². The van der Waals surface area contributed by atoms with Gasteiger partial charge in [-0.15, -0.1) is 11.3 Å². The Morgan fingerprint density at radius 2 is 2.09 bits per heavy atom. The Morgan fingerprint density at radius 3 is 2.77 bits per heavy atom. The highest BCUT2D eigenvalue weighted by Gasteiger charge is 2.28. The van der Waals surface area contributed by atoms with Crippen LogP contribution in [0.1, 0.15) is 22.4 Å². The maximum Gasteiger partial charge on any atom is 0.277 e. The van der Waals surface area contributed by atoms with Gasteiger partial charge < -0.3 is 15.5 Å². The summed E-state index contributed by atoms with van der Waals surface area (Å²) < 4.78 is 0. The van der Waals surface area contributed by atoms with Crippen LogP contribution < -0.4 is 15.5 Å². The Balaban J connectivity index is 2.00. The van der Waals surface area contributed by atoms with Crippen LogP contribution in [0.2, 0.25) is 0 Å². The Hall–Kier alpha value is -1.92. The average Bonchev–Trinajstić information content (AvgIpc) is 2.96. The largest absolute Gasteiger partial charge is 0.373 e. The molecule has 1 aromatic carbocycles. The molecule has 0 aliphatic carbocycles. The molecule has 0 unspecified atom stereocenters. The fourth-order valence-corrected chi connectivity index (χ4v) is 3.53. The van der Waals surface area contributed by atoms with Gasteiger partial charge in [0.2, 0.25) is 0 Å². The van der Waals surface area contributed by atoms with Crippen LogP contribution >= 0.6 is 11.3 Å². The van der Waals surface area contributed by atoms with E-state index in [1.807, 2.05) is 23.1 Å². The fourth-order valence-electron chi connectivity index (χ4n) is 2.88. The molecule has 0 spiro atoms. The van der Waals surface area contributed by atoms with Crippen molar-refractivity contribution in [3.8, 4) is 0 Å². The summed E-state index contributed by atoms with van der Waals surface area (Å²) in [7, 11) is 2.07. The van der Waals surface area contributed by atoms with Crippen molar-refractivity contribution >= 4 is 28.6 Å². The van der Waals surface area contributed by atoms with Gasteiger partial charge in [-0.25, -0.2) is 4.98 Å². The molecule has 116 valence electrons. The highest BCUT2D eigenvalue weighted by atomic mass is 32.1. The molecule has 2 aromatic rings. The number of benzene rings is 1. The molecule has 1 amide bonds. The average molecular weight is 316 g/mol. The maximum atomic E-state index is 12.9. The van der Waals surface area contributed by atoms with Crippen molar-refractivity contribution < 1.29 is 4.79 Å². The molecule has 1 aliphatic heterocycles. The second kappa shape index (κ2) is 6.06. The number of rotatable bonds is 2. The fraction of sp³-hybridized carbons (Fsp3) is 0.375. The molecule has 3 rings (SSSR count). The molecular weight excluding hydrogens is 296 g/mol. The van der Waals surface area contributed by atoms with E-state index in [1.165, 1.54) is 11.3 Å². The van der Waals surface area contributed by atoms with E-state index in [0.29, 0.717) is 24.7 Å². The minimum atomic E-state index is -0.0504. The molecular formula is C16H20N4OS. The van der Waals surface area contributed by atoms with Gasteiger partial charge in [-0.3, -0.25) is 4.79 Å². The van der Waals surface area contributed by atoms with Crippen LogP contribution in [0.3, 0.4) is 0 Å². The molecule has 0 radical (unpaired) electrons. The molecule has 5 nitrogen and oxygen atoms in total. The number of nitrogens with zero attached hydrogens (tertiary/aromatic N) is 3. The predicted molar refractivity (Wildman–Crippen MR) is 90.6 cm³/mol. The van der Waals surface area contributed by atoms with Crippen molar-refractivity contribution in [3.63, 3.8) is 0 Å². The molecule has 2 N–H and O–H groups in total. The van der Waals surface area contributed by atoms with Gasteiger partial charge in [-0.05, 0) is 18.1 Å². The van der Waals surface area contributed by atoms with Crippen LogP contribution in [-0.4, -0.2) is 31.0 Å². The minimum Gasteiger partial charge on any atom is -0.373 e. The first-order valence-electron chi connectivity index (χ1n) is 7.36. The molecule has 1 atom stereocenters. The Morgan fingerprint density at radius 1 is 1.36 bits per heavy atom. The third kappa shape index (κ3) is 2.71. The number of thiazole rings is 1. The zero-order chi connectivity index (χ0) is 15.7. The van der Waals surface area contributed by atoms with E-state index >= 15 is 0 Å². The second-order valence-corrected chi connectivity index (χ2v) is 6.66. The summed E-state index contributed by atoms with van der Waals surface area (Å²) in [5.74, 6) is 0.333. The van der Waals surface area contributed by atoms with E-state index in [0.717, 1.165) is 22.9 Å². The number of aromatic nitrogens is 1. The number of para-hydroxylation sites is 2. The van der Waals surface area contributed by atoms with E-state index < -0.39 is 0 Å². The summed E-state index contributed by atoms with van der Waals surface area (Å²) >= 11 is 1.44. The van der Waals surface area contributed by atoms with Crippen molar-refractivity contribution in [2.24, 2.45) is 11.7 Å². The summed E-state index contributed by atoms with van der Waals surface area (Å²) in [5.41, 5.74) is 8.11. The van der Waals surface area contributed by atoms with Gasteiger partial charge in [0.05, 0.1) is 11.4 Å². The Kier molecular flexibility index (Phi) is 4.13. The molecule has 6 heteroatoms. The number of carbonyl (C=O) groups is 1. The summed E-state index contributed by atoms with van der Waals surface area (Å²) in [6.45, 7) is 4.14. The lowest BCUT2D eigenvalue weighted by atomic mass is 10.1. The molecule has 2 heterocycles. The van der Waals surface area contributed by atoms with Gasteiger partial charge in [0.15, 0.2) is 0 Å². The number of hydrogen-bond acceptors (Lipinski definition) is 5. The van der Waals surface area contributed by atoms with E-state index in [-0.39, 0.29) is 5.91 Å². The minimum absolute atomic E-state index is 0.0504. The first-order chi connectivity index (χ1) is 10.6. The number of hydrogen-bond donors (Lipinski definition) is 1. The van der Waals surface area contributed by atoms with E-state index in [9.17, 15) is 4.79 Å². The lowest BCUT2D eigenvalue weighted by Gasteiger charge is -2.23. The monoisotopic (exact) mass is 316 g/mol. The van der Waals surface area contributed by atoms with Crippen LogP contribution in [0.5, 0.6) is 0 Å². The van der Waals surface area contributed by atoms with Gasteiger partial charge in [0, 0.05) is 32.1 Å². The molecule has 0 bridgehead atoms. The van der Waals surface area contributed by atoms with Crippen LogP contribution in [0.4, 0.5) is 11.4 Å². The second-order valence-electron chi connectivity index (χ2n) is 5.72. The van der Waals surface area contributed by atoms with Gasteiger partial charge >= 0.3 is 0 Å². The lowest BCUT2D eigenvalue weighted by Crippen LogP contribution is -2.35. The third-order valence-electron chi connectivity index (χ3n) is 3.85. The number of amides is 1. The van der Waals surface area contributed by atoms with Gasteiger partial charge in [0.1, 0.15) is 10.7 Å². The van der Waals surface area contributed by atoms with Crippen molar-refractivity contribution in [2.75, 3.05) is 29.9 Å². The number of nitrogens with two attached hydrogens (primary N) is 1. The zero-order valence-electron chi connectivity index (χ0n) is 12.8. The van der Waals surface area contributed by atoms with E-state index in [4.69, 9.17) is 5.73 Å². The van der Waals surface area contributed by atoms with Crippen molar-refractivity contribution in [1.82, 2.24) is 4.98 Å². The highest BCUT2D eigenvalue weighted by Crippen LogP contribution is 2.33. The summed E-state index contributed by atoms with van der Waals surface area (Å²) in [6.07, 6.45) is 0. The number of carbonyl (C=O) groups excluding carboxylic acids is 1. The normalized spacial score (nSPS) is 18.0. The highest BCUT2D eigenvalue weighted by molar-refractivity contribution is 7.09. The lowest BCUT2D eigenvalue weighted by molar-refractivity contribution is 0.0980. The Labute approximate surface area is 134 Å². The molecule has 0 fully saturated rings. The molecule has 22 heavy (non-hydrogen) atoms. The van der Waals surface area contributed by atoms with Crippen molar-refractivity contribution in [1.29, 1.82) is 0 Å². The SMILES string of the molecule is C[C@@H]1CN(C)c2ccccc2N(C(=O)c2csc(CN)n2)C1. The topological polar surface area (TPSA) is 62.5 Å². The summed E-state index contributed by atoms with van der Waals surface area (Å²) in [6, 6.07) is 8.02. The smallest absolute Gasteiger partial charge is 0.277 e. The van der Waals surface area contributed by atoms with E-state index in [2.05, 4.69) is 29.9 Å². The first-order valence-corrected chi connectivity index (χ1v) is 8.24. The van der Waals surface area contributed by atoms with Crippen LogP contribution in [0.25, 0.3) is 0 Å². The molecule has 1 aliphatic rings. The van der Waals surface area contributed by atoms with Crippen LogP contribution in [-0.2, 0) is 6.54 Å². The maximum absolute atomic E-state index is 12.9. The van der Waals surface area contributed by atoms with Crippen LogP contribution in [0, 0.1) is 5.92 Å². The quantitative estimate of drug-likeness (QED) is 0.924. The molecule has 0 saturated carbocycles. The number of anilines is 2. The number of fused-ring (bicyclic) bond motifs is 1. The van der Waals surface area contributed by atoms with Gasteiger partial charge in [0.25, 0.3) is 5.91 Å². The molecule has 0 saturated heterocycles.